The standard InChI is InChI=1S/C23H30BrClN4O5S/c1-14-12-28(13-15(2)29(14)22(30)34-23(3,4)5)20-10-8-18(33-6)21(26-20)27-35(31,32)19-9-7-16(24)11-17(19)25/h7-11,14-15H,12-13H2,1-6H3,(H,26,27)/t14-,15+. The van der Waals surface area contributed by atoms with Crippen molar-refractivity contribution in [3.05, 3.63) is 39.8 Å². The summed E-state index contributed by atoms with van der Waals surface area (Å²) < 4.78 is 40.2. The fourth-order valence-electron chi connectivity index (χ4n) is 3.91. The van der Waals surface area contributed by atoms with Gasteiger partial charge in [0.2, 0.25) is 0 Å². The van der Waals surface area contributed by atoms with Crippen molar-refractivity contribution in [3.63, 3.8) is 0 Å². The van der Waals surface area contributed by atoms with Crippen LogP contribution in [0.2, 0.25) is 5.02 Å². The monoisotopic (exact) mass is 588 g/mol. The first kappa shape index (κ1) is 27.3. The molecule has 9 nitrogen and oxygen atoms in total. The fraction of sp³-hybridized carbons (Fsp3) is 0.478. The zero-order chi connectivity index (χ0) is 26.1. The van der Waals surface area contributed by atoms with Crippen molar-refractivity contribution in [2.24, 2.45) is 0 Å². The summed E-state index contributed by atoms with van der Waals surface area (Å²) in [6.45, 7) is 10.4. The van der Waals surface area contributed by atoms with E-state index in [1.54, 1.807) is 23.1 Å². The Hall–Kier alpha value is -2.24. The highest BCUT2D eigenvalue weighted by molar-refractivity contribution is 9.10. The first-order valence-electron chi connectivity index (χ1n) is 11.0. The summed E-state index contributed by atoms with van der Waals surface area (Å²) in [6, 6.07) is 7.60. The van der Waals surface area contributed by atoms with Crippen LogP contribution in [0, 0.1) is 0 Å². The van der Waals surface area contributed by atoms with Crippen LogP contribution in [0.15, 0.2) is 39.7 Å². The van der Waals surface area contributed by atoms with E-state index in [0.29, 0.717) is 23.4 Å². The second-order valence-corrected chi connectivity index (χ2v) is 12.4. The molecule has 1 N–H and O–H groups in total. The lowest BCUT2D eigenvalue weighted by Gasteiger charge is -2.45. The third kappa shape index (κ3) is 6.50. The topological polar surface area (TPSA) is 101 Å². The van der Waals surface area contributed by atoms with Crippen molar-refractivity contribution in [2.45, 2.75) is 57.2 Å². The molecule has 0 spiro atoms. The number of halogens is 2. The lowest BCUT2D eigenvalue weighted by Crippen LogP contribution is -2.59. The van der Waals surface area contributed by atoms with Crippen molar-refractivity contribution in [2.75, 3.05) is 29.8 Å². The molecule has 0 saturated carbocycles. The van der Waals surface area contributed by atoms with Crippen LogP contribution in [0.4, 0.5) is 16.4 Å². The second kappa shape index (κ2) is 10.4. The van der Waals surface area contributed by atoms with Gasteiger partial charge in [-0.1, -0.05) is 27.5 Å². The lowest BCUT2D eigenvalue weighted by molar-refractivity contribution is 0.00560. The van der Waals surface area contributed by atoms with Crippen LogP contribution in [0.3, 0.4) is 0 Å². The second-order valence-electron chi connectivity index (χ2n) is 9.39. The first-order chi connectivity index (χ1) is 16.2. The number of aromatic nitrogens is 1. The van der Waals surface area contributed by atoms with Crippen molar-refractivity contribution in [1.82, 2.24) is 9.88 Å². The predicted octanol–water partition coefficient (Wildman–Crippen LogP) is 5.14. The molecule has 1 aliphatic heterocycles. The maximum atomic E-state index is 13.0. The van der Waals surface area contributed by atoms with E-state index in [0.717, 1.165) is 0 Å². The largest absolute Gasteiger partial charge is 0.493 e. The molecule has 1 amide bonds. The minimum atomic E-state index is -4.03. The van der Waals surface area contributed by atoms with Crippen LogP contribution in [0.25, 0.3) is 0 Å². The Bertz CT molecular complexity index is 1190. The molecule has 1 fully saturated rings. The summed E-state index contributed by atoms with van der Waals surface area (Å²) in [7, 11) is -2.60. The van der Waals surface area contributed by atoms with E-state index in [-0.39, 0.29) is 39.7 Å². The Morgan fingerprint density at radius 3 is 2.34 bits per heavy atom. The van der Waals surface area contributed by atoms with E-state index in [1.807, 2.05) is 39.5 Å². The van der Waals surface area contributed by atoms with E-state index in [4.69, 9.17) is 21.1 Å². The van der Waals surface area contributed by atoms with Gasteiger partial charge in [0.15, 0.2) is 11.6 Å². The van der Waals surface area contributed by atoms with Crippen molar-refractivity contribution < 1.29 is 22.7 Å². The summed E-state index contributed by atoms with van der Waals surface area (Å²) in [5, 5.41) is 0.0721. The van der Waals surface area contributed by atoms with E-state index in [2.05, 4.69) is 25.6 Å². The van der Waals surface area contributed by atoms with Crippen LogP contribution in [0.1, 0.15) is 34.6 Å². The molecule has 1 aromatic carbocycles. The molecule has 2 heterocycles. The van der Waals surface area contributed by atoms with Gasteiger partial charge in [-0.25, -0.2) is 18.2 Å². The number of benzene rings is 1. The van der Waals surface area contributed by atoms with E-state index >= 15 is 0 Å². The van der Waals surface area contributed by atoms with Crippen LogP contribution in [0.5, 0.6) is 5.75 Å². The smallest absolute Gasteiger partial charge is 0.410 e. The third-order valence-corrected chi connectivity index (χ3v) is 7.64. The highest BCUT2D eigenvalue weighted by Crippen LogP contribution is 2.32. The minimum absolute atomic E-state index is 0.0406. The molecule has 35 heavy (non-hydrogen) atoms. The van der Waals surface area contributed by atoms with Crippen LogP contribution in [-0.2, 0) is 14.8 Å². The maximum absolute atomic E-state index is 13.0. The van der Waals surface area contributed by atoms with Crippen LogP contribution < -0.4 is 14.4 Å². The van der Waals surface area contributed by atoms with Gasteiger partial charge >= 0.3 is 6.09 Å². The Balaban J connectivity index is 1.86. The van der Waals surface area contributed by atoms with Gasteiger partial charge in [-0.15, -0.1) is 0 Å². The number of rotatable bonds is 5. The molecule has 3 rings (SSSR count). The van der Waals surface area contributed by atoms with Crippen molar-refractivity contribution in [1.29, 1.82) is 0 Å². The Morgan fingerprint density at radius 1 is 1.17 bits per heavy atom. The highest BCUT2D eigenvalue weighted by Gasteiger charge is 2.36. The number of nitrogens with one attached hydrogen (secondary N) is 1. The van der Waals surface area contributed by atoms with Crippen molar-refractivity contribution in [3.8, 4) is 5.75 Å². The van der Waals surface area contributed by atoms with Crippen molar-refractivity contribution >= 4 is 55.3 Å². The van der Waals surface area contributed by atoms with E-state index < -0.39 is 15.6 Å². The number of hydrogen-bond donors (Lipinski definition) is 1. The lowest BCUT2D eigenvalue weighted by atomic mass is 10.1. The average molecular weight is 590 g/mol. The quantitative estimate of drug-likeness (QED) is 0.515. The van der Waals surface area contributed by atoms with E-state index in [1.165, 1.54) is 19.2 Å². The SMILES string of the molecule is COc1ccc(N2C[C@@H](C)N(C(=O)OC(C)(C)C)[C@@H](C)C2)nc1NS(=O)(=O)c1ccc(Br)cc1Cl. The molecule has 0 bridgehead atoms. The number of sulfonamides is 1. The average Bonchev–Trinajstić information content (AvgIpc) is 2.71. The molecule has 2 atom stereocenters. The third-order valence-electron chi connectivity index (χ3n) is 5.33. The number of hydrogen-bond acceptors (Lipinski definition) is 7. The van der Waals surface area contributed by atoms with Gasteiger partial charge in [-0.2, -0.15) is 0 Å². The number of piperazine rings is 1. The molecule has 2 aromatic rings. The molecule has 1 aromatic heterocycles. The Morgan fingerprint density at radius 2 is 1.80 bits per heavy atom. The molecule has 0 unspecified atom stereocenters. The minimum Gasteiger partial charge on any atom is -0.493 e. The number of ether oxygens (including phenoxy) is 2. The van der Waals surface area contributed by atoms with Gasteiger partial charge in [0, 0.05) is 17.6 Å². The van der Waals surface area contributed by atoms with Gasteiger partial charge in [0.1, 0.15) is 16.3 Å². The van der Waals surface area contributed by atoms with Crippen LogP contribution >= 0.6 is 27.5 Å². The van der Waals surface area contributed by atoms with Gasteiger partial charge in [0.25, 0.3) is 10.0 Å². The summed E-state index contributed by atoms with van der Waals surface area (Å²) in [5.74, 6) is 0.853. The number of pyridine rings is 1. The zero-order valence-corrected chi connectivity index (χ0v) is 23.7. The van der Waals surface area contributed by atoms with Gasteiger partial charge in [0.05, 0.1) is 24.2 Å². The fourth-order valence-corrected chi connectivity index (χ4v) is 5.96. The number of amides is 1. The van der Waals surface area contributed by atoms with Crippen LogP contribution in [-0.4, -0.2) is 62.3 Å². The molecule has 0 radical (unpaired) electrons. The molecule has 192 valence electrons. The number of carbonyl (C=O) groups excluding carboxylic acids is 1. The maximum Gasteiger partial charge on any atom is 0.410 e. The molecular weight excluding hydrogens is 560 g/mol. The van der Waals surface area contributed by atoms with Gasteiger partial charge in [-0.05, 0) is 65.0 Å². The number of carbonyl (C=O) groups is 1. The number of anilines is 2. The number of nitrogens with zero attached hydrogens (tertiary/aromatic N) is 3. The highest BCUT2D eigenvalue weighted by atomic mass is 79.9. The Kier molecular flexibility index (Phi) is 8.12. The van der Waals surface area contributed by atoms with E-state index in [9.17, 15) is 13.2 Å². The summed E-state index contributed by atoms with van der Waals surface area (Å²) >= 11 is 9.44. The molecule has 12 heteroatoms. The first-order valence-corrected chi connectivity index (χ1v) is 13.7. The zero-order valence-electron chi connectivity index (χ0n) is 20.5. The van der Waals surface area contributed by atoms with Gasteiger partial charge in [-0.3, -0.25) is 9.62 Å². The molecule has 0 aliphatic carbocycles. The summed E-state index contributed by atoms with van der Waals surface area (Å²) in [4.78, 5) is 20.9. The summed E-state index contributed by atoms with van der Waals surface area (Å²) in [6.07, 6.45) is -0.361. The molecule has 1 saturated heterocycles. The molecular formula is C23H30BrClN4O5S. The Labute approximate surface area is 219 Å². The normalized spacial score (nSPS) is 18.9. The number of methoxy groups -OCH3 is 1. The van der Waals surface area contributed by atoms with Gasteiger partial charge < -0.3 is 14.4 Å². The summed E-state index contributed by atoms with van der Waals surface area (Å²) in [5.41, 5.74) is -0.588. The predicted molar refractivity (Wildman–Crippen MR) is 140 cm³/mol. The molecule has 1 aliphatic rings.